The lowest BCUT2D eigenvalue weighted by Gasteiger charge is -2.04. The average Bonchev–Trinajstić information content (AvgIpc) is 2.26. The fourth-order valence-corrected chi connectivity index (χ4v) is 3.26. The van der Waals surface area contributed by atoms with Crippen LogP contribution in [-0.2, 0) is 16.3 Å². The topological polar surface area (TPSA) is 34.1 Å². The predicted molar refractivity (Wildman–Crippen MR) is 66.3 cm³/mol. The fourth-order valence-electron chi connectivity index (χ4n) is 1.29. The largest absolute Gasteiger partial charge is 0.224 e. The summed E-state index contributed by atoms with van der Waals surface area (Å²) >= 11 is 3.23. The molecule has 0 radical (unpaired) electrons. The standard InChI is InChI=1S/C11H15BrO2S/c1-2-10-4-6-11(7-5-10)15(13,14)9-3-8-12/h4-7H,2-3,8-9H2,1H3. The van der Waals surface area contributed by atoms with Crippen molar-refractivity contribution in [3.8, 4) is 0 Å². The molecule has 0 aliphatic heterocycles. The van der Waals surface area contributed by atoms with Gasteiger partial charge in [0.25, 0.3) is 0 Å². The van der Waals surface area contributed by atoms with E-state index in [9.17, 15) is 8.42 Å². The van der Waals surface area contributed by atoms with E-state index in [1.165, 1.54) is 0 Å². The van der Waals surface area contributed by atoms with Crippen LogP contribution >= 0.6 is 15.9 Å². The van der Waals surface area contributed by atoms with Crippen LogP contribution < -0.4 is 0 Å². The molecule has 84 valence electrons. The Bertz CT molecular complexity index is 395. The lowest BCUT2D eigenvalue weighted by molar-refractivity contribution is 0.595. The zero-order valence-electron chi connectivity index (χ0n) is 8.74. The summed E-state index contributed by atoms with van der Waals surface area (Å²) in [6.07, 6.45) is 1.58. The highest BCUT2D eigenvalue weighted by atomic mass is 79.9. The van der Waals surface area contributed by atoms with Gasteiger partial charge in [-0.2, -0.15) is 0 Å². The van der Waals surface area contributed by atoms with Crippen molar-refractivity contribution in [3.05, 3.63) is 29.8 Å². The van der Waals surface area contributed by atoms with Gasteiger partial charge in [-0.25, -0.2) is 8.42 Å². The van der Waals surface area contributed by atoms with Crippen LogP contribution in [0.25, 0.3) is 0 Å². The Morgan fingerprint density at radius 1 is 1.20 bits per heavy atom. The van der Waals surface area contributed by atoms with Crippen LogP contribution in [0.2, 0.25) is 0 Å². The van der Waals surface area contributed by atoms with Gasteiger partial charge >= 0.3 is 0 Å². The minimum atomic E-state index is -3.08. The fraction of sp³-hybridized carbons (Fsp3) is 0.455. The molecule has 0 fully saturated rings. The third-order valence-electron chi connectivity index (χ3n) is 2.24. The van der Waals surface area contributed by atoms with Crippen molar-refractivity contribution in [1.82, 2.24) is 0 Å². The maximum absolute atomic E-state index is 11.8. The molecular formula is C11H15BrO2S. The zero-order valence-corrected chi connectivity index (χ0v) is 11.1. The van der Waals surface area contributed by atoms with E-state index in [0.29, 0.717) is 11.3 Å². The van der Waals surface area contributed by atoms with E-state index in [1.807, 2.05) is 19.1 Å². The number of benzene rings is 1. The van der Waals surface area contributed by atoms with Crippen molar-refractivity contribution in [2.24, 2.45) is 0 Å². The van der Waals surface area contributed by atoms with Crippen LogP contribution in [0, 0.1) is 0 Å². The molecule has 15 heavy (non-hydrogen) atoms. The summed E-state index contributed by atoms with van der Waals surface area (Å²) < 4.78 is 23.5. The number of aryl methyl sites for hydroxylation is 1. The van der Waals surface area contributed by atoms with E-state index in [4.69, 9.17) is 0 Å². The number of halogens is 1. The number of rotatable bonds is 5. The van der Waals surface area contributed by atoms with Gasteiger partial charge in [-0.3, -0.25) is 0 Å². The second kappa shape index (κ2) is 5.66. The molecule has 1 rings (SSSR count). The maximum Gasteiger partial charge on any atom is 0.178 e. The quantitative estimate of drug-likeness (QED) is 0.782. The van der Waals surface area contributed by atoms with E-state index in [0.717, 1.165) is 17.3 Å². The van der Waals surface area contributed by atoms with Crippen LogP contribution in [-0.4, -0.2) is 19.5 Å². The van der Waals surface area contributed by atoms with Crippen molar-refractivity contribution in [2.45, 2.75) is 24.7 Å². The molecule has 0 saturated heterocycles. The van der Waals surface area contributed by atoms with Crippen LogP contribution in [0.3, 0.4) is 0 Å². The summed E-state index contributed by atoms with van der Waals surface area (Å²) in [7, 11) is -3.08. The Morgan fingerprint density at radius 3 is 2.27 bits per heavy atom. The first-order valence-electron chi connectivity index (χ1n) is 4.98. The Morgan fingerprint density at radius 2 is 1.80 bits per heavy atom. The number of hydrogen-bond donors (Lipinski definition) is 0. The molecule has 1 aromatic rings. The molecule has 0 aliphatic carbocycles. The van der Waals surface area contributed by atoms with Gasteiger partial charge in [-0.15, -0.1) is 0 Å². The van der Waals surface area contributed by atoms with E-state index < -0.39 is 9.84 Å². The van der Waals surface area contributed by atoms with Crippen LogP contribution in [0.4, 0.5) is 0 Å². The van der Waals surface area contributed by atoms with Crippen molar-refractivity contribution < 1.29 is 8.42 Å². The van der Waals surface area contributed by atoms with Gasteiger partial charge in [-0.1, -0.05) is 35.0 Å². The molecule has 0 unspecified atom stereocenters. The smallest absolute Gasteiger partial charge is 0.178 e. The lowest BCUT2D eigenvalue weighted by Crippen LogP contribution is -2.07. The summed E-state index contributed by atoms with van der Waals surface area (Å²) in [5.41, 5.74) is 1.16. The summed E-state index contributed by atoms with van der Waals surface area (Å²) in [6, 6.07) is 7.15. The molecule has 0 bridgehead atoms. The van der Waals surface area contributed by atoms with E-state index >= 15 is 0 Å². The molecule has 0 atom stereocenters. The summed E-state index contributed by atoms with van der Waals surface area (Å²) in [4.78, 5) is 0.431. The molecule has 1 aromatic carbocycles. The molecule has 0 heterocycles. The third kappa shape index (κ3) is 3.61. The van der Waals surface area contributed by atoms with Gasteiger partial charge in [0.05, 0.1) is 10.6 Å². The Labute approximate surface area is 99.7 Å². The molecule has 2 nitrogen and oxygen atoms in total. The van der Waals surface area contributed by atoms with Gasteiger partial charge in [0.1, 0.15) is 0 Å². The first-order chi connectivity index (χ1) is 7.10. The predicted octanol–water partition coefficient (Wildman–Crippen LogP) is 2.81. The number of alkyl halides is 1. The molecule has 0 aliphatic rings. The third-order valence-corrected chi connectivity index (χ3v) is 4.61. The number of hydrogen-bond acceptors (Lipinski definition) is 2. The number of sulfone groups is 1. The van der Waals surface area contributed by atoms with Crippen LogP contribution in [0.1, 0.15) is 18.9 Å². The highest BCUT2D eigenvalue weighted by molar-refractivity contribution is 9.09. The Balaban J connectivity index is 2.86. The van der Waals surface area contributed by atoms with E-state index in [1.54, 1.807) is 12.1 Å². The zero-order chi connectivity index (χ0) is 11.3. The monoisotopic (exact) mass is 290 g/mol. The Hall–Kier alpha value is -0.350. The van der Waals surface area contributed by atoms with Crippen molar-refractivity contribution in [3.63, 3.8) is 0 Å². The molecule has 0 spiro atoms. The second-order valence-electron chi connectivity index (χ2n) is 3.36. The van der Waals surface area contributed by atoms with E-state index in [-0.39, 0.29) is 5.75 Å². The SMILES string of the molecule is CCc1ccc(S(=O)(=O)CCCBr)cc1. The molecular weight excluding hydrogens is 276 g/mol. The highest BCUT2D eigenvalue weighted by Gasteiger charge is 2.12. The van der Waals surface area contributed by atoms with Crippen molar-refractivity contribution in [1.29, 1.82) is 0 Å². The molecule has 0 aromatic heterocycles. The molecule has 0 N–H and O–H groups in total. The Kier molecular flexibility index (Phi) is 4.80. The van der Waals surface area contributed by atoms with Gasteiger partial charge < -0.3 is 0 Å². The summed E-state index contributed by atoms with van der Waals surface area (Å²) in [5.74, 6) is 0.212. The van der Waals surface area contributed by atoms with Crippen LogP contribution in [0.15, 0.2) is 29.2 Å². The summed E-state index contributed by atoms with van der Waals surface area (Å²) in [6.45, 7) is 2.05. The maximum atomic E-state index is 11.8. The second-order valence-corrected chi connectivity index (χ2v) is 6.26. The normalized spacial score (nSPS) is 11.6. The highest BCUT2D eigenvalue weighted by Crippen LogP contribution is 2.14. The van der Waals surface area contributed by atoms with Crippen molar-refractivity contribution >= 4 is 25.8 Å². The lowest BCUT2D eigenvalue weighted by atomic mass is 10.2. The first kappa shape index (κ1) is 12.7. The minimum Gasteiger partial charge on any atom is -0.224 e. The summed E-state index contributed by atoms with van der Waals surface area (Å²) in [5, 5.41) is 0.722. The van der Waals surface area contributed by atoms with Crippen LogP contribution in [0.5, 0.6) is 0 Å². The average molecular weight is 291 g/mol. The molecule has 0 amide bonds. The van der Waals surface area contributed by atoms with Gasteiger partial charge in [-0.05, 0) is 30.5 Å². The van der Waals surface area contributed by atoms with Gasteiger partial charge in [0.15, 0.2) is 9.84 Å². The molecule has 4 heteroatoms. The molecule has 0 saturated carbocycles. The van der Waals surface area contributed by atoms with E-state index in [2.05, 4.69) is 15.9 Å². The minimum absolute atomic E-state index is 0.212. The first-order valence-corrected chi connectivity index (χ1v) is 7.75. The van der Waals surface area contributed by atoms with Gasteiger partial charge in [0, 0.05) is 5.33 Å². The van der Waals surface area contributed by atoms with Crippen molar-refractivity contribution in [2.75, 3.05) is 11.1 Å². The van der Waals surface area contributed by atoms with Gasteiger partial charge in [0.2, 0.25) is 0 Å².